The van der Waals surface area contributed by atoms with Crippen LogP contribution >= 0.6 is 15.9 Å². The summed E-state index contributed by atoms with van der Waals surface area (Å²) >= 11 is 3.31. The average Bonchev–Trinajstić information content (AvgIpc) is 2.39. The fourth-order valence-corrected chi connectivity index (χ4v) is 1.43. The maximum Gasteiger partial charge on any atom is 0.196 e. The summed E-state index contributed by atoms with van der Waals surface area (Å²) in [6.45, 7) is 0. The molecule has 0 aliphatic heterocycles. The number of Topliss-reactive ketones (excluding diaryl/α,β-unsaturated/α-hetero) is 1. The van der Waals surface area contributed by atoms with Crippen molar-refractivity contribution in [2.45, 2.75) is 0 Å². The Hall–Kier alpha value is -1.66. The molecule has 0 spiro atoms. The molecule has 0 bridgehead atoms. The van der Waals surface area contributed by atoms with Gasteiger partial charge in [-0.25, -0.2) is 0 Å². The number of hydroxylamine groups is 1. The standard InChI is InChI=1S/C12H13BrN2O3/c1-17-14-7-10(8-15-18-2)12(16)9-3-5-11(13)6-4-9/h3-8,14H,1-2H3/b10-7?,15-8-. The van der Waals surface area contributed by atoms with Crippen LogP contribution in [0.15, 0.2) is 45.7 Å². The molecule has 1 N–H and O–H groups in total. The minimum absolute atomic E-state index is 0.187. The Bertz CT molecular complexity index is 455. The summed E-state index contributed by atoms with van der Waals surface area (Å²) in [5.74, 6) is -0.187. The fourth-order valence-electron chi connectivity index (χ4n) is 1.16. The van der Waals surface area contributed by atoms with Gasteiger partial charge in [0.25, 0.3) is 0 Å². The molecule has 0 atom stereocenters. The van der Waals surface area contributed by atoms with Gasteiger partial charge in [-0.1, -0.05) is 21.1 Å². The Morgan fingerprint density at radius 2 is 2.00 bits per heavy atom. The second-order valence-corrected chi connectivity index (χ2v) is 4.09. The number of hydrogen-bond acceptors (Lipinski definition) is 5. The highest BCUT2D eigenvalue weighted by Crippen LogP contribution is 2.13. The molecule has 0 saturated carbocycles. The first kappa shape index (κ1) is 14.4. The summed E-state index contributed by atoms with van der Waals surface area (Å²) in [6.07, 6.45) is 2.73. The van der Waals surface area contributed by atoms with Crippen LogP contribution in [0.1, 0.15) is 10.4 Å². The maximum absolute atomic E-state index is 12.1. The second-order valence-electron chi connectivity index (χ2n) is 3.17. The highest BCUT2D eigenvalue weighted by Gasteiger charge is 2.10. The summed E-state index contributed by atoms with van der Waals surface area (Å²) in [4.78, 5) is 21.4. The molecule has 1 aromatic carbocycles. The first-order valence-corrected chi connectivity index (χ1v) is 5.83. The largest absolute Gasteiger partial charge is 0.399 e. The summed E-state index contributed by atoms with van der Waals surface area (Å²) < 4.78 is 0.908. The average molecular weight is 313 g/mol. The van der Waals surface area contributed by atoms with Crippen LogP contribution in [0.5, 0.6) is 0 Å². The molecule has 1 rings (SSSR count). The van der Waals surface area contributed by atoms with E-state index in [2.05, 4.69) is 36.2 Å². The zero-order valence-corrected chi connectivity index (χ0v) is 11.6. The zero-order valence-electron chi connectivity index (χ0n) is 10.0. The van der Waals surface area contributed by atoms with Crippen molar-refractivity contribution in [2.75, 3.05) is 14.2 Å². The molecule has 18 heavy (non-hydrogen) atoms. The molecule has 0 amide bonds. The van der Waals surface area contributed by atoms with Gasteiger partial charge in [-0.15, -0.1) is 0 Å². The Morgan fingerprint density at radius 1 is 1.33 bits per heavy atom. The predicted molar refractivity (Wildman–Crippen MR) is 72.2 cm³/mol. The van der Waals surface area contributed by atoms with Gasteiger partial charge in [0.15, 0.2) is 5.78 Å². The highest BCUT2D eigenvalue weighted by molar-refractivity contribution is 9.10. The maximum atomic E-state index is 12.1. The molecule has 5 nitrogen and oxygen atoms in total. The third-order valence-corrected chi connectivity index (χ3v) is 2.53. The summed E-state index contributed by atoms with van der Waals surface area (Å²) in [6, 6.07) is 7.02. The third kappa shape index (κ3) is 4.31. The van der Waals surface area contributed by atoms with E-state index in [0.29, 0.717) is 11.1 Å². The predicted octanol–water partition coefficient (Wildman–Crippen LogP) is 2.30. The first-order valence-electron chi connectivity index (χ1n) is 5.04. The molecule has 0 unspecified atom stereocenters. The second kappa shape index (κ2) is 7.62. The van der Waals surface area contributed by atoms with E-state index in [9.17, 15) is 4.79 Å². The van der Waals surface area contributed by atoms with E-state index in [0.717, 1.165) is 4.47 Å². The zero-order chi connectivity index (χ0) is 13.4. The van der Waals surface area contributed by atoms with Crippen LogP contribution in [0.25, 0.3) is 0 Å². The van der Waals surface area contributed by atoms with E-state index in [1.165, 1.54) is 26.6 Å². The van der Waals surface area contributed by atoms with E-state index in [4.69, 9.17) is 0 Å². The van der Waals surface area contributed by atoms with Crippen molar-refractivity contribution in [2.24, 2.45) is 5.16 Å². The van der Waals surface area contributed by atoms with Gasteiger partial charge in [0.05, 0.1) is 18.9 Å². The Labute approximate surface area is 114 Å². The quantitative estimate of drug-likeness (QED) is 0.379. The number of nitrogens with one attached hydrogen (secondary N) is 1. The van der Waals surface area contributed by atoms with E-state index < -0.39 is 0 Å². The lowest BCUT2D eigenvalue weighted by atomic mass is 10.1. The van der Waals surface area contributed by atoms with Crippen LogP contribution in [-0.4, -0.2) is 26.2 Å². The number of ketones is 1. The molecule has 6 heteroatoms. The molecule has 0 fully saturated rings. The summed E-state index contributed by atoms with van der Waals surface area (Å²) in [5.41, 5.74) is 3.35. The molecular weight excluding hydrogens is 300 g/mol. The van der Waals surface area contributed by atoms with E-state index in [1.54, 1.807) is 24.3 Å². The van der Waals surface area contributed by atoms with E-state index >= 15 is 0 Å². The van der Waals surface area contributed by atoms with Crippen LogP contribution in [-0.2, 0) is 9.68 Å². The van der Waals surface area contributed by atoms with Gasteiger partial charge in [-0.2, -0.15) is 0 Å². The van der Waals surface area contributed by atoms with Crippen LogP contribution in [0.4, 0.5) is 0 Å². The van der Waals surface area contributed by atoms with Crippen LogP contribution < -0.4 is 5.48 Å². The van der Waals surface area contributed by atoms with Gasteiger partial charge >= 0.3 is 0 Å². The molecule has 0 aromatic heterocycles. The number of carbonyl (C=O) groups excluding carboxylic acids is 1. The van der Waals surface area contributed by atoms with E-state index in [-0.39, 0.29) is 5.78 Å². The SMILES string of the molecule is CO/N=C\C(=CNOC)C(=O)c1ccc(Br)cc1. The minimum Gasteiger partial charge on any atom is -0.399 e. The lowest BCUT2D eigenvalue weighted by Gasteiger charge is -2.03. The number of carbonyl (C=O) groups is 1. The first-order chi connectivity index (χ1) is 8.69. The van der Waals surface area contributed by atoms with Crippen LogP contribution in [0, 0.1) is 0 Å². The van der Waals surface area contributed by atoms with Crippen molar-refractivity contribution in [1.29, 1.82) is 0 Å². The van der Waals surface area contributed by atoms with Crippen molar-refractivity contribution < 1.29 is 14.5 Å². The van der Waals surface area contributed by atoms with Gasteiger partial charge in [0, 0.05) is 16.2 Å². The number of benzene rings is 1. The molecule has 0 saturated heterocycles. The lowest BCUT2D eigenvalue weighted by molar-refractivity contribution is 0.102. The van der Waals surface area contributed by atoms with Crippen LogP contribution in [0.2, 0.25) is 0 Å². The summed E-state index contributed by atoms with van der Waals surface area (Å²) in [7, 11) is 2.85. The van der Waals surface area contributed by atoms with Gasteiger partial charge in [0.1, 0.15) is 7.11 Å². The smallest absolute Gasteiger partial charge is 0.196 e. The Morgan fingerprint density at radius 3 is 2.56 bits per heavy atom. The number of halogens is 1. The monoisotopic (exact) mass is 312 g/mol. The minimum atomic E-state index is -0.187. The molecular formula is C12H13BrN2O3. The Kier molecular flexibility index (Phi) is 6.10. The van der Waals surface area contributed by atoms with Crippen LogP contribution in [0.3, 0.4) is 0 Å². The van der Waals surface area contributed by atoms with Crippen molar-refractivity contribution in [3.05, 3.63) is 46.1 Å². The van der Waals surface area contributed by atoms with Gasteiger partial charge in [0.2, 0.25) is 0 Å². The highest BCUT2D eigenvalue weighted by atomic mass is 79.9. The summed E-state index contributed by atoms with van der Waals surface area (Å²) in [5, 5.41) is 3.57. The fraction of sp³-hybridized carbons (Fsp3) is 0.167. The van der Waals surface area contributed by atoms with Crippen molar-refractivity contribution in [3.63, 3.8) is 0 Å². The number of allylic oxidation sites excluding steroid dienone is 1. The molecule has 0 aliphatic carbocycles. The van der Waals surface area contributed by atoms with Gasteiger partial charge < -0.3 is 4.84 Å². The third-order valence-electron chi connectivity index (χ3n) is 2.00. The van der Waals surface area contributed by atoms with Crippen molar-refractivity contribution in [1.82, 2.24) is 5.48 Å². The number of oxime groups is 1. The lowest BCUT2D eigenvalue weighted by Crippen LogP contribution is -2.11. The Balaban J connectivity index is 2.94. The number of nitrogens with zero attached hydrogens (tertiary/aromatic N) is 1. The molecule has 0 heterocycles. The molecule has 0 radical (unpaired) electrons. The molecule has 0 aliphatic rings. The van der Waals surface area contributed by atoms with Crippen molar-refractivity contribution in [3.8, 4) is 0 Å². The molecule has 96 valence electrons. The van der Waals surface area contributed by atoms with Gasteiger partial charge in [-0.3, -0.25) is 15.1 Å². The van der Waals surface area contributed by atoms with E-state index in [1.807, 2.05) is 0 Å². The number of rotatable bonds is 6. The van der Waals surface area contributed by atoms with Crippen molar-refractivity contribution >= 4 is 27.9 Å². The van der Waals surface area contributed by atoms with Gasteiger partial charge in [-0.05, 0) is 24.3 Å². The topological polar surface area (TPSA) is 59.9 Å². The molecule has 1 aromatic rings. The number of hydrogen-bond donors (Lipinski definition) is 1. The normalized spacial score (nSPS) is 11.6.